The minimum Gasteiger partial charge on any atom is -0.465 e. The Kier molecular flexibility index (Phi) is 8.85. The number of thiophene rings is 1. The van der Waals surface area contributed by atoms with Crippen molar-refractivity contribution in [2.24, 2.45) is 0 Å². The minimum atomic E-state index is -4.41. The summed E-state index contributed by atoms with van der Waals surface area (Å²) in [6, 6.07) is 6.80. The molecule has 0 radical (unpaired) electrons. The highest BCUT2D eigenvalue weighted by atomic mass is 32.2. The van der Waals surface area contributed by atoms with Gasteiger partial charge in [-0.3, -0.25) is 9.59 Å². The van der Waals surface area contributed by atoms with Crippen LogP contribution in [-0.2, 0) is 35.4 Å². The molecule has 33 heavy (non-hydrogen) atoms. The van der Waals surface area contributed by atoms with Crippen molar-refractivity contribution in [2.75, 3.05) is 27.4 Å². The Morgan fingerprint density at radius 1 is 1.00 bits per heavy atom. The number of benzene rings is 1. The van der Waals surface area contributed by atoms with Crippen molar-refractivity contribution in [1.29, 1.82) is 0 Å². The standard InChI is InChI=1S/C21H23NO9S2/c1-5-13-6-8-14(9-7-13)15(23)11-31-16(24)10-22-33(27,28)21-17(19(25)29-3)12(2)18(32-21)20(26)30-4/h6-9,22H,5,10-11H2,1-4H3. The Balaban J connectivity index is 2.09. The fraction of sp³-hybridized carbons (Fsp3) is 0.333. The van der Waals surface area contributed by atoms with Crippen molar-refractivity contribution < 1.29 is 41.8 Å². The zero-order valence-corrected chi connectivity index (χ0v) is 20.1. The van der Waals surface area contributed by atoms with Crippen LogP contribution in [-0.4, -0.2) is 59.5 Å². The molecule has 2 aromatic rings. The Morgan fingerprint density at radius 3 is 2.15 bits per heavy atom. The number of aryl methyl sites for hydroxylation is 1. The van der Waals surface area contributed by atoms with Gasteiger partial charge in [0.1, 0.15) is 11.4 Å². The van der Waals surface area contributed by atoms with Crippen LogP contribution >= 0.6 is 11.3 Å². The smallest absolute Gasteiger partial charge is 0.348 e. The van der Waals surface area contributed by atoms with Crippen LogP contribution in [0.25, 0.3) is 0 Å². The maximum Gasteiger partial charge on any atom is 0.348 e. The molecule has 0 aliphatic rings. The molecule has 0 unspecified atom stereocenters. The van der Waals surface area contributed by atoms with Crippen molar-refractivity contribution >= 4 is 45.1 Å². The highest BCUT2D eigenvalue weighted by Gasteiger charge is 2.33. The molecular formula is C21H23NO9S2. The molecule has 0 aliphatic carbocycles. The fourth-order valence-electron chi connectivity index (χ4n) is 2.73. The van der Waals surface area contributed by atoms with E-state index in [1.165, 1.54) is 6.92 Å². The van der Waals surface area contributed by atoms with Gasteiger partial charge in [0, 0.05) is 5.56 Å². The molecule has 0 atom stereocenters. The van der Waals surface area contributed by atoms with Crippen LogP contribution in [0.2, 0.25) is 0 Å². The van der Waals surface area contributed by atoms with Gasteiger partial charge in [-0.05, 0) is 24.5 Å². The molecule has 0 aliphatic heterocycles. The summed E-state index contributed by atoms with van der Waals surface area (Å²) in [7, 11) is -2.24. The second-order valence-corrected chi connectivity index (χ2v) is 9.64. The number of esters is 3. The van der Waals surface area contributed by atoms with E-state index < -0.39 is 51.1 Å². The molecule has 1 N–H and O–H groups in total. The quantitative estimate of drug-likeness (QED) is 0.296. The number of ketones is 1. The maximum absolute atomic E-state index is 12.7. The molecule has 178 valence electrons. The molecule has 0 amide bonds. The van der Waals surface area contributed by atoms with Gasteiger partial charge in [0.25, 0.3) is 10.0 Å². The molecule has 1 aromatic heterocycles. The summed E-state index contributed by atoms with van der Waals surface area (Å²) in [5, 5.41) is 0. The van der Waals surface area contributed by atoms with E-state index in [0.717, 1.165) is 26.2 Å². The number of hydrogen-bond donors (Lipinski definition) is 1. The van der Waals surface area contributed by atoms with Gasteiger partial charge >= 0.3 is 17.9 Å². The highest BCUT2D eigenvalue weighted by Crippen LogP contribution is 2.33. The molecular weight excluding hydrogens is 474 g/mol. The lowest BCUT2D eigenvalue weighted by Crippen LogP contribution is -2.32. The van der Waals surface area contributed by atoms with E-state index in [9.17, 15) is 27.6 Å². The third kappa shape index (κ3) is 6.24. The number of carbonyl (C=O) groups excluding carboxylic acids is 4. The second kappa shape index (κ2) is 11.2. The summed E-state index contributed by atoms with van der Waals surface area (Å²) in [4.78, 5) is 48.1. The van der Waals surface area contributed by atoms with Gasteiger partial charge in [-0.1, -0.05) is 31.2 Å². The number of nitrogens with one attached hydrogen (secondary N) is 1. The van der Waals surface area contributed by atoms with Gasteiger partial charge in [-0.15, -0.1) is 11.3 Å². The highest BCUT2D eigenvalue weighted by molar-refractivity contribution is 7.91. The number of methoxy groups -OCH3 is 2. The van der Waals surface area contributed by atoms with E-state index >= 15 is 0 Å². The molecule has 1 aromatic carbocycles. The Morgan fingerprint density at radius 2 is 1.61 bits per heavy atom. The first-order valence-electron chi connectivity index (χ1n) is 9.63. The van der Waals surface area contributed by atoms with Crippen molar-refractivity contribution in [1.82, 2.24) is 4.72 Å². The van der Waals surface area contributed by atoms with Gasteiger partial charge in [0.15, 0.2) is 16.6 Å². The van der Waals surface area contributed by atoms with E-state index in [1.807, 2.05) is 11.6 Å². The summed E-state index contributed by atoms with van der Waals surface area (Å²) in [5.74, 6) is -3.24. The molecule has 0 fully saturated rings. The number of hydrogen-bond acceptors (Lipinski definition) is 10. The Hall–Kier alpha value is -3.09. The van der Waals surface area contributed by atoms with Crippen molar-refractivity contribution in [2.45, 2.75) is 24.5 Å². The van der Waals surface area contributed by atoms with Crippen LogP contribution in [0, 0.1) is 6.92 Å². The number of carbonyl (C=O) groups is 4. The maximum atomic E-state index is 12.7. The van der Waals surface area contributed by atoms with Crippen molar-refractivity contribution in [3.63, 3.8) is 0 Å². The van der Waals surface area contributed by atoms with Gasteiger partial charge in [0.2, 0.25) is 0 Å². The number of Topliss-reactive ketones (excluding diaryl/α,β-unsaturated/α-hetero) is 1. The van der Waals surface area contributed by atoms with Crippen LogP contribution < -0.4 is 4.72 Å². The lowest BCUT2D eigenvalue weighted by Gasteiger charge is -2.08. The van der Waals surface area contributed by atoms with Crippen molar-refractivity contribution in [3.05, 3.63) is 51.4 Å². The molecule has 1 heterocycles. The minimum absolute atomic E-state index is 0.0707. The monoisotopic (exact) mass is 497 g/mol. The van der Waals surface area contributed by atoms with Crippen LogP contribution in [0.5, 0.6) is 0 Å². The molecule has 0 bridgehead atoms. The first kappa shape index (κ1) is 26.2. The zero-order valence-electron chi connectivity index (χ0n) is 18.4. The lowest BCUT2D eigenvalue weighted by atomic mass is 10.1. The predicted molar refractivity (Wildman–Crippen MR) is 118 cm³/mol. The molecule has 2 rings (SSSR count). The predicted octanol–water partition coefficient (Wildman–Crippen LogP) is 1.90. The van der Waals surface area contributed by atoms with Gasteiger partial charge < -0.3 is 14.2 Å². The van der Waals surface area contributed by atoms with E-state index in [-0.39, 0.29) is 16.0 Å². The average Bonchev–Trinajstić information content (AvgIpc) is 3.18. The third-order valence-corrected chi connectivity index (χ3v) is 7.77. The fourth-order valence-corrected chi connectivity index (χ4v) is 5.48. The molecule has 0 saturated carbocycles. The summed E-state index contributed by atoms with van der Waals surface area (Å²) < 4.78 is 41.1. The van der Waals surface area contributed by atoms with Gasteiger partial charge in [0.05, 0.1) is 19.8 Å². The van der Waals surface area contributed by atoms with Crippen LogP contribution in [0.4, 0.5) is 0 Å². The lowest BCUT2D eigenvalue weighted by molar-refractivity contribution is -0.141. The number of ether oxygens (including phenoxy) is 3. The normalized spacial score (nSPS) is 11.0. The number of rotatable bonds is 10. The summed E-state index contributed by atoms with van der Waals surface area (Å²) >= 11 is 0.508. The number of sulfonamides is 1. The van der Waals surface area contributed by atoms with Crippen LogP contribution in [0.3, 0.4) is 0 Å². The molecule has 10 nitrogen and oxygen atoms in total. The Labute approximate surface area is 194 Å². The molecule has 12 heteroatoms. The van der Waals surface area contributed by atoms with Gasteiger partial charge in [-0.2, -0.15) is 4.72 Å². The zero-order chi connectivity index (χ0) is 24.8. The summed E-state index contributed by atoms with van der Waals surface area (Å²) in [6.45, 7) is 1.99. The summed E-state index contributed by atoms with van der Waals surface area (Å²) in [6.07, 6.45) is 0.812. The van der Waals surface area contributed by atoms with Gasteiger partial charge in [-0.25, -0.2) is 18.0 Å². The average molecular weight is 498 g/mol. The Bertz CT molecular complexity index is 1170. The van der Waals surface area contributed by atoms with E-state index in [0.29, 0.717) is 16.9 Å². The first-order valence-corrected chi connectivity index (χ1v) is 11.9. The van der Waals surface area contributed by atoms with E-state index in [2.05, 4.69) is 9.47 Å². The van der Waals surface area contributed by atoms with Crippen LogP contribution in [0.1, 0.15) is 48.4 Å². The molecule has 0 spiro atoms. The molecule has 0 saturated heterocycles. The SMILES string of the molecule is CCc1ccc(C(=O)COC(=O)CNS(=O)(=O)c2sc(C(=O)OC)c(C)c2C(=O)OC)cc1. The second-order valence-electron chi connectivity index (χ2n) is 6.66. The van der Waals surface area contributed by atoms with Crippen LogP contribution in [0.15, 0.2) is 28.5 Å². The topological polar surface area (TPSA) is 142 Å². The van der Waals surface area contributed by atoms with Crippen molar-refractivity contribution in [3.8, 4) is 0 Å². The summed E-state index contributed by atoms with van der Waals surface area (Å²) in [5.41, 5.74) is 1.13. The van der Waals surface area contributed by atoms with E-state index in [4.69, 9.17) is 4.74 Å². The first-order chi connectivity index (χ1) is 15.5. The largest absolute Gasteiger partial charge is 0.465 e. The van der Waals surface area contributed by atoms with E-state index in [1.54, 1.807) is 24.3 Å². The third-order valence-electron chi connectivity index (χ3n) is 4.57.